The van der Waals surface area contributed by atoms with Crippen LogP contribution in [0.5, 0.6) is 0 Å². The second kappa shape index (κ2) is 15.0. The summed E-state index contributed by atoms with van der Waals surface area (Å²) in [6, 6.07) is 84.4. The van der Waals surface area contributed by atoms with Crippen molar-refractivity contribution in [2.45, 2.75) is 27.7 Å². The second-order valence-corrected chi connectivity index (χ2v) is 23.4. The van der Waals surface area contributed by atoms with Gasteiger partial charge in [0, 0.05) is 0 Å². The van der Waals surface area contributed by atoms with Crippen LogP contribution in [0, 0.1) is 27.7 Å². The van der Waals surface area contributed by atoms with Crippen molar-refractivity contribution in [1.29, 1.82) is 0 Å². The zero-order chi connectivity index (χ0) is 52.5. The third-order valence-corrected chi connectivity index (χ3v) is 19.4. The summed E-state index contributed by atoms with van der Waals surface area (Å²) in [6.07, 6.45) is 0. The Morgan fingerprint density at radius 3 is 0.787 bits per heavy atom. The lowest BCUT2D eigenvalue weighted by molar-refractivity contribution is 1.38. The van der Waals surface area contributed by atoms with Gasteiger partial charge in [0.1, 0.15) is 0 Å². The average Bonchev–Trinajstić information content (AvgIpc) is 4.03. The molecule has 80 heavy (non-hydrogen) atoms. The smallest absolute Gasteiger partial charge is 0.000696 e. The van der Waals surface area contributed by atoms with Gasteiger partial charge in [0.15, 0.2) is 0 Å². The number of benzene rings is 15. The molecule has 0 aliphatic rings. The Balaban J connectivity index is 0.985. The Hall–Kier alpha value is -9.88. The predicted molar refractivity (Wildman–Crippen MR) is 348 cm³/mol. The topological polar surface area (TPSA) is 0 Å². The van der Waals surface area contributed by atoms with Gasteiger partial charge < -0.3 is 0 Å². The van der Waals surface area contributed by atoms with E-state index in [2.05, 4.69) is 246 Å². The number of aryl methyl sites for hydroxylation is 4. The summed E-state index contributed by atoms with van der Waals surface area (Å²) in [5.74, 6) is 0. The first-order chi connectivity index (χ1) is 39.4. The van der Waals surface area contributed by atoms with Crippen molar-refractivity contribution >= 4 is 151 Å². The highest BCUT2D eigenvalue weighted by molar-refractivity contribution is 6.54. The van der Waals surface area contributed by atoms with Crippen LogP contribution in [0.25, 0.3) is 195 Å². The summed E-state index contributed by atoms with van der Waals surface area (Å²) in [5.41, 5.74) is 15.6. The van der Waals surface area contributed by atoms with E-state index in [1.165, 1.54) is 218 Å². The molecule has 368 valence electrons. The number of fused-ring (bicyclic) bond motifs is 16. The molecule has 0 bridgehead atoms. The van der Waals surface area contributed by atoms with Crippen molar-refractivity contribution in [2.24, 2.45) is 0 Å². The van der Waals surface area contributed by atoms with Crippen LogP contribution in [-0.4, -0.2) is 0 Å². The molecule has 0 aliphatic heterocycles. The van der Waals surface area contributed by atoms with Gasteiger partial charge in [-0.3, -0.25) is 0 Å². The Morgan fingerprint density at radius 1 is 0.150 bits per heavy atom. The van der Waals surface area contributed by atoms with Gasteiger partial charge in [-0.15, -0.1) is 0 Å². The largest absolute Gasteiger partial charge is 0.0622 e. The van der Waals surface area contributed by atoms with Gasteiger partial charge in [0.05, 0.1) is 0 Å². The Bertz CT molecular complexity index is 5470. The van der Waals surface area contributed by atoms with Crippen LogP contribution in [0.3, 0.4) is 0 Å². The standard InChI is InChI=1S/C80H48/c1-41-17-15-18-42(2)65(41)47-37-61-49-25-11-13-27-51(49)75-73(61)63(39-47)67(45-21-7-5-8-22-45)77-57-33-29-53-56-32-36-60-72-58(34-30-54(70(56)72)55-31-35-59(79(75)77)71(57)69(53)55)78-68(46-23-9-6-10-24-46)64-40-48(66-43(3)19-16-20-44(66)4)38-62-50-26-12-14-28-52(50)76(74(62)64)80(60)78/h5-40H,1-4H3. The molecule has 0 amide bonds. The molecular formula is C80H48. The number of hydrogen-bond acceptors (Lipinski definition) is 0. The molecular weight excluding hydrogens is 961 g/mol. The third kappa shape index (κ3) is 5.15. The van der Waals surface area contributed by atoms with E-state index >= 15 is 0 Å². The molecule has 0 heterocycles. The monoisotopic (exact) mass is 1010 g/mol. The van der Waals surface area contributed by atoms with Crippen molar-refractivity contribution in [3.05, 3.63) is 241 Å². The molecule has 19 aromatic carbocycles. The number of rotatable bonds is 4. The van der Waals surface area contributed by atoms with Crippen LogP contribution in [-0.2, 0) is 0 Å². The molecule has 0 heteroatoms. The van der Waals surface area contributed by atoms with E-state index in [9.17, 15) is 0 Å². The minimum absolute atomic E-state index is 1.25. The molecule has 19 rings (SSSR count). The second-order valence-electron chi connectivity index (χ2n) is 23.4. The predicted octanol–water partition coefficient (Wildman–Crippen LogP) is 22.9. The lowest BCUT2D eigenvalue weighted by atomic mass is 9.87. The molecule has 0 nitrogen and oxygen atoms in total. The first-order valence-electron chi connectivity index (χ1n) is 28.4. The highest BCUT2D eigenvalue weighted by atomic mass is 14.3. The van der Waals surface area contributed by atoms with Crippen molar-refractivity contribution in [1.82, 2.24) is 0 Å². The summed E-state index contributed by atoms with van der Waals surface area (Å²) in [6.45, 7) is 9.06. The lowest BCUT2D eigenvalue weighted by Crippen LogP contribution is -1.90. The summed E-state index contributed by atoms with van der Waals surface area (Å²) >= 11 is 0. The van der Waals surface area contributed by atoms with Crippen molar-refractivity contribution in [3.8, 4) is 44.5 Å². The molecule has 0 spiro atoms. The molecule has 0 fully saturated rings. The quantitative estimate of drug-likeness (QED) is 0.122. The molecule has 0 aromatic heterocycles. The molecule has 0 saturated carbocycles. The minimum atomic E-state index is 1.25. The van der Waals surface area contributed by atoms with E-state index in [1.54, 1.807) is 0 Å². The first-order valence-corrected chi connectivity index (χ1v) is 28.4. The fourth-order valence-corrected chi connectivity index (χ4v) is 16.5. The van der Waals surface area contributed by atoms with E-state index in [0.29, 0.717) is 0 Å². The van der Waals surface area contributed by atoms with E-state index in [0.717, 1.165) is 0 Å². The highest BCUT2D eigenvalue weighted by Crippen LogP contribution is 2.59. The minimum Gasteiger partial charge on any atom is -0.0622 e. The molecule has 0 aliphatic carbocycles. The fraction of sp³-hybridized carbons (Fsp3) is 0.0500. The van der Waals surface area contributed by atoms with Crippen LogP contribution in [0.4, 0.5) is 0 Å². The maximum absolute atomic E-state index is 2.53. The molecule has 0 unspecified atom stereocenters. The highest BCUT2D eigenvalue weighted by Gasteiger charge is 2.31. The number of hydrogen-bond donors (Lipinski definition) is 0. The van der Waals surface area contributed by atoms with Crippen LogP contribution in [0.2, 0.25) is 0 Å². The van der Waals surface area contributed by atoms with Gasteiger partial charge in [-0.25, -0.2) is 0 Å². The van der Waals surface area contributed by atoms with E-state index in [4.69, 9.17) is 0 Å². The summed E-state index contributed by atoms with van der Waals surface area (Å²) in [7, 11) is 0. The van der Waals surface area contributed by atoms with Gasteiger partial charge in [-0.2, -0.15) is 0 Å². The Kier molecular flexibility index (Phi) is 8.10. The van der Waals surface area contributed by atoms with Gasteiger partial charge >= 0.3 is 0 Å². The van der Waals surface area contributed by atoms with Crippen LogP contribution < -0.4 is 0 Å². The average molecular weight is 1010 g/mol. The lowest BCUT2D eigenvalue weighted by Gasteiger charge is -2.16. The van der Waals surface area contributed by atoms with E-state index in [1.807, 2.05) is 0 Å². The van der Waals surface area contributed by atoms with E-state index in [-0.39, 0.29) is 0 Å². The van der Waals surface area contributed by atoms with E-state index < -0.39 is 0 Å². The van der Waals surface area contributed by atoms with Gasteiger partial charge in [-0.1, -0.05) is 194 Å². The molecule has 0 saturated heterocycles. The normalized spacial score (nSPS) is 12.8. The SMILES string of the molecule is Cc1cccc(C)c1-c1cc2c(-c3ccccc3)c3c4ccc5c6ccc7c8c(ccc(c9ccc(c4c59)c3c3c4ccccc4c(c1)c23)c68)c1c(-c2ccccc2)c2cc(-c3c(C)cccc3C)cc3c4ccccc4c(c23)c71. The molecule has 19 aromatic rings. The zero-order valence-electron chi connectivity index (χ0n) is 44.8. The van der Waals surface area contributed by atoms with Gasteiger partial charge in [0.25, 0.3) is 0 Å². The maximum atomic E-state index is 2.53. The van der Waals surface area contributed by atoms with Gasteiger partial charge in [-0.05, 0) is 270 Å². The molecule has 0 radical (unpaired) electrons. The summed E-state index contributed by atoms with van der Waals surface area (Å²) in [4.78, 5) is 0. The van der Waals surface area contributed by atoms with Crippen LogP contribution in [0.15, 0.2) is 218 Å². The van der Waals surface area contributed by atoms with Crippen molar-refractivity contribution in [2.75, 3.05) is 0 Å². The molecule has 0 atom stereocenters. The Labute approximate surface area is 461 Å². The fourth-order valence-electron chi connectivity index (χ4n) is 16.5. The summed E-state index contributed by atoms with van der Waals surface area (Å²) in [5, 5.41) is 37.7. The third-order valence-electron chi connectivity index (χ3n) is 19.4. The van der Waals surface area contributed by atoms with Crippen LogP contribution in [0.1, 0.15) is 22.3 Å². The summed E-state index contributed by atoms with van der Waals surface area (Å²) < 4.78 is 0. The van der Waals surface area contributed by atoms with Crippen LogP contribution >= 0.6 is 0 Å². The first kappa shape index (κ1) is 43.1. The van der Waals surface area contributed by atoms with Crippen molar-refractivity contribution in [3.63, 3.8) is 0 Å². The zero-order valence-corrected chi connectivity index (χ0v) is 44.8. The Morgan fingerprint density at radius 2 is 0.412 bits per heavy atom. The van der Waals surface area contributed by atoms with Gasteiger partial charge in [0.2, 0.25) is 0 Å². The van der Waals surface area contributed by atoms with Crippen molar-refractivity contribution < 1.29 is 0 Å². The molecule has 0 N–H and O–H groups in total. The maximum Gasteiger partial charge on any atom is -0.000696 e.